The van der Waals surface area contributed by atoms with Crippen molar-refractivity contribution in [2.75, 3.05) is 53.5 Å². The molecule has 1 saturated heterocycles. The zero-order valence-corrected chi connectivity index (χ0v) is 12.5. The Labute approximate surface area is 120 Å². The largest absolute Gasteiger partial charge is 0.378 e. The number of morpholine rings is 1. The molecule has 1 N–H and O–H groups in total. The van der Waals surface area contributed by atoms with E-state index in [-0.39, 0.29) is 30.6 Å². The van der Waals surface area contributed by atoms with Crippen molar-refractivity contribution in [1.82, 2.24) is 15.1 Å². The molecular formula is C12H24ClN3O3. The van der Waals surface area contributed by atoms with E-state index in [2.05, 4.69) is 5.32 Å². The van der Waals surface area contributed by atoms with Crippen molar-refractivity contribution < 1.29 is 14.3 Å². The van der Waals surface area contributed by atoms with Gasteiger partial charge in [-0.25, -0.2) is 0 Å². The summed E-state index contributed by atoms with van der Waals surface area (Å²) in [6.45, 7) is 3.91. The van der Waals surface area contributed by atoms with Gasteiger partial charge in [-0.3, -0.25) is 9.59 Å². The van der Waals surface area contributed by atoms with Crippen LogP contribution in [0.15, 0.2) is 0 Å². The number of nitrogens with zero attached hydrogens (tertiary/aromatic N) is 2. The van der Waals surface area contributed by atoms with Crippen LogP contribution in [0.5, 0.6) is 0 Å². The molecule has 0 aliphatic carbocycles. The Morgan fingerprint density at radius 3 is 2.47 bits per heavy atom. The van der Waals surface area contributed by atoms with E-state index in [0.29, 0.717) is 39.3 Å². The molecule has 1 fully saturated rings. The van der Waals surface area contributed by atoms with Crippen molar-refractivity contribution in [3.05, 3.63) is 0 Å². The molecule has 112 valence electrons. The Morgan fingerprint density at radius 1 is 1.26 bits per heavy atom. The predicted octanol–water partition coefficient (Wildman–Crippen LogP) is -0.275. The highest BCUT2D eigenvalue weighted by atomic mass is 35.5. The summed E-state index contributed by atoms with van der Waals surface area (Å²) < 4.78 is 5.18. The van der Waals surface area contributed by atoms with Crippen LogP contribution in [0, 0.1) is 0 Å². The third-order valence-corrected chi connectivity index (χ3v) is 3.04. The van der Waals surface area contributed by atoms with Gasteiger partial charge in [-0.1, -0.05) is 0 Å². The van der Waals surface area contributed by atoms with Crippen LogP contribution in [-0.4, -0.2) is 75.1 Å². The number of rotatable bonds is 6. The maximum atomic E-state index is 11.8. The van der Waals surface area contributed by atoms with Crippen molar-refractivity contribution in [3.8, 4) is 0 Å². The SMILES string of the molecule is CNCCN(C)C(=O)CCC(=O)N1CCOCC1.Cl. The average molecular weight is 294 g/mol. The average Bonchev–Trinajstić information content (AvgIpc) is 2.42. The van der Waals surface area contributed by atoms with E-state index in [0.717, 1.165) is 6.54 Å². The first kappa shape index (κ1) is 18.1. The standard InChI is InChI=1S/C12H23N3O3.ClH/c1-13-5-6-14(2)11(16)3-4-12(17)15-7-9-18-10-8-15;/h13H,3-10H2,1-2H3;1H. The third kappa shape index (κ3) is 6.75. The lowest BCUT2D eigenvalue weighted by molar-refractivity contribution is -0.138. The van der Waals surface area contributed by atoms with Gasteiger partial charge >= 0.3 is 0 Å². The molecule has 1 aliphatic rings. The molecule has 0 saturated carbocycles. The van der Waals surface area contributed by atoms with E-state index in [1.165, 1.54) is 0 Å². The first-order valence-corrected chi connectivity index (χ1v) is 6.39. The summed E-state index contributed by atoms with van der Waals surface area (Å²) in [5.41, 5.74) is 0. The van der Waals surface area contributed by atoms with Crippen LogP contribution in [0.4, 0.5) is 0 Å². The lowest BCUT2D eigenvalue weighted by Crippen LogP contribution is -2.41. The van der Waals surface area contributed by atoms with E-state index in [9.17, 15) is 9.59 Å². The maximum absolute atomic E-state index is 11.8. The summed E-state index contributed by atoms with van der Waals surface area (Å²) >= 11 is 0. The van der Waals surface area contributed by atoms with Gasteiger partial charge in [0, 0.05) is 46.1 Å². The van der Waals surface area contributed by atoms with E-state index in [1.54, 1.807) is 16.8 Å². The van der Waals surface area contributed by atoms with Crippen molar-refractivity contribution in [2.24, 2.45) is 0 Å². The minimum absolute atomic E-state index is 0. The molecule has 0 unspecified atom stereocenters. The highest BCUT2D eigenvalue weighted by molar-refractivity contribution is 5.85. The molecule has 0 atom stereocenters. The molecule has 1 heterocycles. The fourth-order valence-corrected chi connectivity index (χ4v) is 1.78. The number of halogens is 1. The van der Waals surface area contributed by atoms with Crippen LogP contribution in [0.2, 0.25) is 0 Å². The summed E-state index contributed by atoms with van der Waals surface area (Å²) in [6, 6.07) is 0. The number of carbonyl (C=O) groups excluding carboxylic acids is 2. The van der Waals surface area contributed by atoms with Crippen molar-refractivity contribution in [3.63, 3.8) is 0 Å². The predicted molar refractivity (Wildman–Crippen MR) is 75.4 cm³/mol. The second-order valence-corrected chi connectivity index (χ2v) is 4.41. The van der Waals surface area contributed by atoms with Gasteiger partial charge in [0.2, 0.25) is 11.8 Å². The van der Waals surface area contributed by atoms with E-state index >= 15 is 0 Å². The number of hydrogen-bond acceptors (Lipinski definition) is 4. The second-order valence-electron chi connectivity index (χ2n) is 4.41. The molecule has 0 aromatic heterocycles. The van der Waals surface area contributed by atoms with Gasteiger partial charge in [-0.05, 0) is 7.05 Å². The number of amides is 2. The van der Waals surface area contributed by atoms with Crippen LogP contribution < -0.4 is 5.32 Å². The minimum atomic E-state index is 0. The van der Waals surface area contributed by atoms with E-state index in [4.69, 9.17) is 4.74 Å². The molecule has 19 heavy (non-hydrogen) atoms. The third-order valence-electron chi connectivity index (χ3n) is 3.04. The molecule has 1 rings (SSSR count). The number of carbonyl (C=O) groups is 2. The molecule has 6 nitrogen and oxygen atoms in total. The highest BCUT2D eigenvalue weighted by Gasteiger charge is 2.18. The summed E-state index contributed by atoms with van der Waals surface area (Å²) in [5.74, 6) is 0.0699. The summed E-state index contributed by atoms with van der Waals surface area (Å²) in [4.78, 5) is 27.0. The Bertz CT molecular complexity index is 283. The minimum Gasteiger partial charge on any atom is -0.378 e. The van der Waals surface area contributed by atoms with Crippen molar-refractivity contribution >= 4 is 24.2 Å². The van der Waals surface area contributed by atoms with Gasteiger partial charge < -0.3 is 19.9 Å². The Balaban J connectivity index is 0.00000324. The first-order valence-electron chi connectivity index (χ1n) is 6.39. The fraction of sp³-hybridized carbons (Fsp3) is 0.833. The van der Waals surface area contributed by atoms with Gasteiger partial charge in [0.1, 0.15) is 0 Å². The lowest BCUT2D eigenvalue weighted by Gasteiger charge is -2.27. The molecule has 0 aromatic carbocycles. The van der Waals surface area contributed by atoms with Gasteiger partial charge in [0.05, 0.1) is 13.2 Å². The molecule has 0 radical (unpaired) electrons. The number of ether oxygens (including phenoxy) is 1. The number of hydrogen-bond donors (Lipinski definition) is 1. The molecule has 7 heteroatoms. The molecule has 0 spiro atoms. The van der Waals surface area contributed by atoms with Crippen LogP contribution in [0.25, 0.3) is 0 Å². The monoisotopic (exact) mass is 293 g/mol. The molecular weight excluding hydrogens is 270 g/mol. The van der Waals surface area contributed by atoms with Gasteiger partial charge in [-0.2, -0.15) is 0 Å². The van der Waals surface area contributed by atoms with Crippen LogP contribution >= 0.6 is 12.4 Å². The molecule has 0 aromatic rings. The highest BCUT2D eigenvalue weighted by Crippen LogP contribution is 2.03. The van der Waals surface area contributed by atoms with Crippen LogP contribution in [-0.2, 0) is 14.3 Å². The van der Waals surface area contributed by atoms with E-state index < -0.39 is 0 Å². The van der Waals surface area contributed by atoms with Crippen molar-refractivity contribution in [2.45, 2.75) is 12.8 Å². The van der Waals surface area contributed by atoms with Crippen LogP contribution in [0.3, 0.4) is 0 Å². The van der Waals surface area contributed by atoms with Gasteiger partial charge in [-0.15, -0.1) is 12.4 Å². The van der Waals surface area contributed by atoms with Crippen LogP contribution in [0.1, 0.15) is 12.8 Å². The Kier molecular flexibility index (Phi) is 9.55. The fourth-order valence-electron chi connectivity index (χ4n) is 1.78. The normalized spacial score (nSPS) is 14.7. The summed E-state index contributed by atoms with van der Waals surface area (Å²) in [6.07, 6.45) is 0.582. The zero-order valence-electron chi connectivity index (χ0n) is 11.7. The summed E-state index contributed by atoms with van der Waals surface area (Å²) in [7, 11) is 3.61. The summed E-state index contributed by atoms with van der Waals surface area (Å²) in [5, 5.41) is 2.99. The quantitative estimate of drug-likeness (QED) is 0.732. The molecule has 0 bridgehead atoms. The second kappa shape index (κ2) is 10.00. The maximum Gasteiger partial charge on any atom is 0.223 e. The lowest BCUT2D eigenvalue weighted by atomic mass is 10.2. The molecule has 1 aliphatic heterocycles. The Morgan fingerprint density at radius 2 is 1.89 bits per heavy atom. The van der Waals surface area contributed by atoms with Gasteiger partial charge in [0.15, 0.2) is 0 Å². The van der Waals surface area contributed by atoms with E-state index in [1.807, 2.05) is 7.05 Å². The van der Waals surface area contributed by atoms with Gasteiger partial charge in [0.25, 0.3) is 0 Å². The number of nitrogens with one attached hydrogen (secondary N) is 1. The zero-order chi connectivity index (χ0) is 13.4. The number of likely N-dealkylation sites (N-methyl/N-ethyl adjacent to an activating group) is 2. The topological polar surface area (TPSA) is 61.9 Å². The first-order chi connectivity index (χ1) is 8.65. The molecule has 2 amide bonds. The van der Waals surface area contributed by atoms with Crippen molar-refractivity contribution in [1.29, 1.82) is 0 Å². The Hall–Kier alpha value is -0.850. The smallest absolute Gasteiger partial charge is 0.223 e.